The molecule has 1 N–H and O–H groups in total. The SMILES string of the molecule is Cc1cc(C)c(C(=O)CBr)c(O)c1. The summed E-state index contributed by atoms with van der Waals surface area (Å²) in [6.45, 7) is 3.71. The number of hydrogen-bond donors (Lipinski definition) is 1. The van der Waals surface area contributed by atoms with Gasteiger partial charge in [-0.1, -0.05) is 22.0 Å². The molecule has 0 fully saturated rings. The quantitative estimate of drug-likeness (QED) is 0.640. The third kappa shape index (κ3) is 2.10. The minimum Gasteiger partial charge on any atom is -0.507 e. The van der Waals surface area contributed by atoms with Crippen molar-refractivity contribution in [3.8, 4) is 5.75 Å². The topological polar surface area (TPSA) is 37.3 Å². The van der Waals surface area contributed by atoms with Crippen LogP contribution in [0.1, 0.15) is 21.5 Å². The number of Topliss-reactive ketones (excluding diaryl/α,β-unsaturated/α-hetero) is 1. The van der Waals surface area contributed by atoms with E-state index in [1.54, 1.807) is 6.07 Å². The Kier molecular flexibility index (Phi) is 3.09. The lowest BCUT2D eigenvalue weighted by atomic mass is 10.0. The first-order valence-electron chi connectivity index (χ1n) is 3.95. The fourth-order valence-corrected chi connectivity index (χ4v) is 1.66. The number of carbonyl (C=O) groups excluding carboxylic acids is 1. The van der Waals surface area contributed by atoms with E-state index in [2.05, 4.69) is 15.9 Å². The highest BCUT2D eigenvalue weighted by Gasteiger charge is 2.12. The van der Waals surface area contributed by atoms with Crippen LogP contribution in [-0.4, -0.2) is 16.2 Å². The summed E-state index contributed by atoms with van der Waals surface area (Å²) in [5.74, 6) is -0.0167. The molecule has 1 aromatic carbocycles. The first kappa shape index (κ1) is 10.3. The van der Waals surface area contributed by atoms with E-state index in [9.17, 15) is 9.90 Å². The van der Waals surface area contributed by atoms with Crippen molar-refractivity contribution >= 4 is 21.7 Å². The lowest BCUT2D eigenvalue weighted by Crippen LogP contribution is -2.03. The fourth-order valence-electron chi connectivity index (χ4n) is 1.37. The zero-order valence-electron chi connectivity index (χ0n) is 7.60. The summed E-state index contributed by atoms with van der Waals surface area (Å²) >= 11 is 3.08. The van der Waals surface area contributed by atoms with Crippen molar-refractivity contribution in [1.82, 2.24) is 0 Å². The zero-order valence-corrected chi connectivity index (χ0v) is 9.18. The molecule has 1 aromatic rings. The number of ketones is 1. The first-order valence-corrected chi connectivity index (χ1v) is 5.07. The monoisotopic (exact) mass is 242 g/mol. The lowest BCUT2D eigenvalue weighted by Gasteiger charge is -2.06. The maximum Gasteiger partial charge on any atom is 0.177 e. The van der Waals surface area contributed by atoms with Crippen LogP contribution in [0, 0.1) is 13.8 Å². The molecule has 0 saturated carbocycles. The van der Waals surface area contributed by atoms with Crippen molar-refractivity contribution in [1.29, 1.82) is 0 Å². The smallest absolute Gasteiger partial charge is 0.177 e. The van der Waals surface area contributed by atoms with Crippen LogP contribution in [0.25, 0.3) is 0 Å². The van der Waals surface area contributed by atoms with E-state index < -0.39 is 0 Å². The number of aryl methyl sites for hydroxylation is 2. The van der Waals surface area contributed by atoms with E-state index in [0.29, 0.717) is 5.56 Å². The van der Waals surface area contributed by atoms with Gasteiger partial charge in [0.1, 0.15) is 5.75 Å². The summed E-state index contributed by atoms with van der Waals surface area (Å²) in [6.07, 6.45) is 0. The molecule has 0 aliphatic rings. The number of rotatable bonds is 2. The predicted octanol–water partition coefficient (Wildman–Crippen LogP) is 2.59. The molecular formula is C10H11BrO2. The fraction of sp³-hybridized carbons (Fsp3) is 0.300. The van der Waals surface area contributed by atoms with Crippen molar-refractivity contribution in [3.05, 3.63) is 28.8 Å². The number of phenols is 1. The second-order valence-corrected chi connectivity index (χ2v) is 3.59. The second-order valence-electron chi connectivity index (χ2n) is 3.03. The minimum atomic E-state index is -0.0880. The standard InChI is InChI=1S/C10H11BrO2/c1-6-3-7(2)10(8(12)4-6)9(13)5-11/h3-4,12H,5H2,1-2H3. The molecule has 0 aliphatic heterocycles. The average Bonchev–Trinajstić information content (AvgIpc) is 2.02. The summed E-state index contributed by atoms with van der Waals surface area (Å²) in [5.41, 5.74) is 2.20. The number of phenolic OH excluding ortho intramolecular Hbond substituents is 1. The molecule has 0 bridgehead atoms. The van der Waals surface area contributed by atoms with Crippen molar-refractivity contribution in [2.75, 3.05) is 5.33 Å². The van der Waals surface area contributed by atoms with Crippen LogP contribution in [0.4, 0.5) is 0 Å². The third-order valence-corrected chi connectivity index (χ3v) is 2.37. The van der Waals surface area contributed by atoms with Gasteiger partial charge in [0.05, 0.1) is 10.9 Å². The second kappa shape index (κ2) is 3.92. The van der Waals surface area contributed by atoms with Gasteiger partial charge >= 0.3 is 0 Å². The Hall–Kier alpha value is -0.830. The summed E-state index contributed by atoms with van der Waals surface area (Å²) in [6, 6.07) is 3.48. The van der Waals surface area contributed by atoms with Crippen molar-refractivity contribution in [3.63, 3.8) is 0 Å². The van der Waals surface area contributed by atoms with Gasteiger partial charge in [-0.3, -0.25) is 4.79 Å². The molecule has 70 valence electrons. The van der Waals surface area contributed by atoms with Gasteiger partial charge in [-0.15, -0.1) is 0 Å². The number of halogens is 1. The number of benzene rings is 1. The van der Waals surface area contributed by atoms with Gasteiger partial charge in [-0.05, 0) is 31.0 Å². The molecule has 0 spiro atoms. The van der Waals surface area contributed by atoms with Gasteiger partial charge in [-0.25, -0.2) is 0 Å². The molecule has 0 radical (unpaired) electrons. The van der Waals surface area contributed by atoms with E-state index in [-0.39, 0.29) is 16.9 Å². The van der Waals surface area contributed by atoms with Crippen LogP contribution < -0.4 is 0 Å². The normalized spacial score (nSPS) is 10.1. The van der Waals surface area contributed by atoms with E-state index >= 15 is 0 Å². The Balaban J connectivity index is 3.28. The van der Waals surface area contributed by atoms with Crippen LogP contribution in [0.15, 0.2) is 12.1 Å². The molecule has 1 rings (SSSR count). The molecule has 2 nitrogen and oxygen atoms in total. The lowest BCUT2D eigenvalue weighted by molar-refractivity contribution is 0.102. The Morgan fingerprint density at radius 2 is 2.08 bits per heavy atom. The van der Waals surface area contributed by atoms with Gasteiger partial charge in [0, 0.05) is 0 Å². The van der Waals surface area contributed by atoms with E-state index in [0.717, 1.165) is 11.1 Å². The Labute approximate surface area is 85.7 Å². The van der Waals surface area contributed by atoms with Crippen LogP contribution in [0.2, 0.25) is 0 Å². The van der Waals surface area contributed by atoms with Gasteiger partial charge in [0.25, 0.3) is 0 Å². The maximum absolute atomic E-state index is 11.4. The Bertz CT molecular complexity index is 322. The number of aromatic hydroxyl groups is 1. The molecule has 0 atom stereocenters. The summed E-state index contributed by atoms with van der Waals surface area (Å²) in [4.78, 5) is 11.4. The van der Waals surface area contributed by atoms with Crippen molar-refractivity contribution < 1.29 is 9.90 Å². The van der Waals surface area contributed by atoms with Crippen LogP contribution in [0.3, 0.4) is 0 Å². The molecule has 3 heteroatoms. The van der Waals surface area contributed by atoms with Gasteiger partial charge in [0.2, 0.25) is 0 Å². The summed E-state index contributed by atoms with van der Waals surface area (Å²) in [7, 11) is 0. The molecular weight excluding hydrogens is 232 g/mol. The van der Waals surface area contributed by atoms with Gasteiger partial charge in [-0.2, -0.15) is 0 Å². The average molecular weight is 243 g/mol. The molecule has 0 aliphatic carbocycles. The highest BCUT2D eigenvalue weighted by atomic mass is 79.9. The van der Waals surface area contributed by atoms with Crippen LogP contribution >= 0.6 is 15.9 Å². The Morgan fingerprint density at radius 3 is 2.54 bits per heavy atom. The first-order chi connectivity index (χ1) is 6.06. The van der Waals surface area contributed by atoms with E-state index in [1.807, 2.05) is 19.9 Å². The molecule has 0 saturated heterocycles. The maximum atomic E-state index is 11.4. The van der Waals surface area contributed by atoms with E-state index in [1.165, 1.54) is 0 Å². The van der Waals surface area contributed by atoms with Gasteiger partial charge in [0.15, 0.2) is 5.78 Å². The number of hydrogen-bond acceptors (Lipinski definition) is 2. The van der Waals surface area contributed by atoms with Crippen molar-refractivity contribution in [2.24, 2.45) is 0 Å². The predicted molar refractivity (Wildman–Crippen MR) is 55.7 cm³/mol. The number of carbonyl (C=O) groups is 1. The van der Waals surface area contributed by atoms with Crippen LogP contribution in [0.5, 0.6) is 5.75 Å². The van der Waals surface area contributed by atoms with Crippen molar-refractivity contribution in [2.45, 2.75) is 13.8 Å². The molecule has 0 heterocycles. The molecule has 0 aromatic heterocycles. The summed E-state index contributed by atoms with van der Waals surface area (Å²) < 4.78 is 0. The minimum absolute atomic E-state index is 0.0713. The molecule has 0 unspecified atom stereocenters. The Morgan fingerprint density at radius 1 is 1.46 bits per heavy atom. The highest BCUT2D eigenvalue weighted by Crippen LogP contribution is 2.23. The largest absolute Gasteiger partial charge is 0.507 e. The molecule has 0 amide bonds. The zero-order chi connectivity index (χ0) is 10.0. The summed E-state index contributed by atoms with van der Waals surface area (Å²) in [5, 5.41) is 9.77. The van der Waals surface area contributed by atoms with Gasteiger partial charge < -0.3 is 5.11 Å². The van der Waals surface area contributed by atoms with Crippen LogP contribution in [-0.2, 0) is 0 Å². The third-order valence-electron chi connectivity index (χ3n) is 1.86. The van der Waals surface area contributed by atoms with E-state index in [4.69, 9.17) is 0 Å². The highest BCUT2D eigenvalue weighted by molar-refractivity contribution is 9.09. The number of alkyl halides is 1. The molecule has 13 heavy (non-hydrogen) atoms.